The lowest BCUT2D eigenvalue weighted by Gasteiger charge is -2.10. The van der Waals surface area contributed by atoms with Crippen molar-refractivity contribution in [2.24, 2.45) is 5.92 Å². The second kappa shape index (κ2) is 3.84. The predicted octanol–water partition coefficient (Wildman–Crippen LogP) is 1.36. The quantitative estimate of drug-likeness (QED) is 0.596. The molecular formula is C6H13FO. The fourth-order valence-corrected chi connectivity index (χ4v) is 0.436. The first kappa shape index (κ1) is 7.89. The average molecular weight is 120 g/mol. The van der Waals surface area contributed by atoms with E-state index in [1.807, 2.05) is 6.92 Å². The molecule has 2 heteroatoms. The van der Waals surface area contributed by atoms with Crippen molar-refractivity contribution in [2.45, 2.75) is 26.4 Å². The smallest absolute Gasteiger partial charge is 0.126 e. The van der Waals surface area contributed by atoms with Crippen LogP contribution >= 0.6 is 0 Å². The Morgan fingerprint density at radius 3 is 2.25 bits per heavy atom. The Balaban J connectivity index is 3.29. The van der Waals surface area contributed by atoms with Gasteiger partial charge < -0.3 is 5.11 Å². The van der Waals surface area contributed by atoms with E-state index < -0.39 is 6.17 Å². The van der Waals surface area contributed by atoms with Crippen molar-refractivity contribution in [1.82, 2.24) is 0 Å². The van der Waals surface area contributed by atoms with Crippen LogP contribution in [0.4, 0.5) is 4.39 Å². The van der Waals surface area contributed by atoms with E-state index in [-0.39, 0.29) is 12.5 Å². The van der Waals surface area contributed by atoms with Crippen LogP contribution in [-0.2, 0) is 0 Å². The summed E-state index contributed by atoms with van der Waals surface area (Å²) in [6.45, 7) is 3.36. The van der Waals surface area contributed by atoms with Crippen molar-refractivity contribution < 1.29 is 9.50 Å². The van der Waals surface area contributed by atoms with Gasteiger partial charge in [-0.2, -0.15) is 0 Å². The largest absolute Gasteiger partial charge is 0.393 e. The van der Waals surface area contributed by atoms with Crippen LogP contribution in [0.3, 0.4) is 0 Å². The van der Waals surface area contributed by atoms with E-state index in [1.165, 1.54) is 0 Å². The van der Waals surface area contributed by atoms with E-state index in [0.29, 0.717) is 0 Å². The van der Waals surface area contributed by atoms with Crippen molar-refractivity contribution in [2.75, 3.05) is 6.61 Å². The lowest BCUT2D eigenvalue weighted by atomic mass is 10.0. The van der Waals surface area contributed by atoms with Gasteiger partial charge in [0, 0.05) is 0 Å². The van der Waals surface area contributed by atoms with Crippen LogP contribution in [0.15, 0.2) is 0 Å². The molecule has 0 bridgehead atoms. The summed E-state index contributed by atoms with van der Waals surface area (Å²) >= 11 is 0. The second-order valence-corrected chi connectivity index (χ2v) is 2.08. The Morgan fingerprint density at radius 2 is 2.12 bits per heavy atom. The van der Waals surface area contributed by atoms with Crippen LogP contribution in [-0.4, -0.2) is 17.9 Å². The molecule has 0 amide bonds. The average Bonchev–Trinajstić information content (AvgIpc) is 1.84. The van der Waals surface area contributed by atoms with Crippen LogP contribution in [0.5, 0.6) is 0 Å². The maximum Gasteiger partial charge on any atom is 0.126 e. The normalized spacial score (nSPS) is 18.0. The van der Waals surface area contributed by atoms with Gasteiger partial charge in [0.05, 0.1) is 6.61 Å². The lowest BCUT2D eigenvalue weighted by Crippen LogP contribution is -2.15. The minimum atomic E-state index is -1.03. The number of halogens is 1. The number of rotatable bonds is 3. The molecule has 0 fully saturated rings. The third-order valence-corrected chi connectivity index (χ3v) is 1.44. The molecule has 0 aromatic heterocycles. The lowest BCUT2D eigenvalue weighted by molar-refractivity contribution is 0.131. The Kier molecular flexibility index (Phi) is 3.79. The van der Waals surface area contributed by atoms with E-state index in [1.54, 1.807) is 6.92 Å². The summed E-state index contributed by atoms with van der Waals surface area (Å²) in [6.07, 6.45) is -0.234. The van der Waals surface area contributed by atoms with Gasteiger partial charge in [0.2, 0.25) is 0 Å². The fourth-order valence-electron chi connectivity index (χ4n) is 0.436. The predicted molar refractivity (Wildman–Crippen MR) is 31.4 cm³/mol. The molecular weight excluding hydrogens is 107 g/mol. The van der Waals surface area contributed by atoms with Gasteiger partial charge in [-0.05, 0) is 5.92 Å². The molecule has 0 saturated heterocycles. The maximum absolute atomic E-state index is 12.3. The molecule has 0 heterocycles. The van der Waals surface area contributed by atoms with Crippen molar-refractivity contribution in [1.29, 1.82) is 0 Å². The van der Waals surface area contributed by atoms with Gasteiger partial charge in [-0.3, -0.25) is 0 Å². The third kappa shape index (κ3) is 2.26. The van der Waals surface area contributed by atoms with Gasteiger partial charge in [0.15, 0.2) is 0 Å². The molecule has 0 aliphatic carbocycles. The molecule has 1 N–H and O–H groups in total. The molecule has 0 rings (SSSR count). The molecule has 0 aliphatic rings. The summed E-state index contributed by atoms with van der Waals surface area (Å²) < 4.78 is 12.3. The minimum absolute atomic E-state index is 0.000000000000000444. The van der Waals surface area contributed by atoms with Gasteiger partial charge in [-0.1, -0.05) is 20.3 Å². The summed E-state index contributed by atoms with van der Waals surface area (Å²) in [6, 6.07) is 0. The summed E-state index contributed by atoms with van der Waals surface area (Å²) in [7, 11) is 0. The van der Waals surface area contributed by atoms with Crippen LogP contribution < -0.4 is 0 Å². The van der Waals surface area contributed by atoms with E-state index in [0.717, 1.165) is 6.42 Å². The van der Waals surface area contributed by atoms with Crippen molar-refractivity contribution in [3.63, 3.8) is 0 Å². The summed E-state index contributed by atoms with van der Waals surface area (Å²) in [4.78, 5) is 0. The standard InChI is InChI=1S/C6H13FO/c1-3-5(2)6(7)4-8/h5-6,8H,3-4H2,1-2H3/t5-,6-/m1/s1. The molecule has 0 saturated carbocycles. The Labute approximate surface area is 49.5 Å². The zero-order valence-electron chi connectivity index (χ0n) is 5.39. The molecule has 2 atom stereocenters. The topological polar surface area (TPSA) is 20.2 Å². The van der Waals surface area contributed by atoms with Crippen molar-refractivity contribution in [3.8, 4) is 0 Å². The molecule has 0 spiro atoms. The van der Waals surface area contributed by atoms with Gasteiger partial charge in [0.1, 0.15) is 6.17 Å². The van der Waals surface area contributed by atoms with Gasteiger partial charge in [-0.15, -0.1) is 0 Å². The highest BCUT2D eigenvalue weighted by molar-refractivity contribution is 4.60. The zero-order chi connectivity index (χ0) is 6.57. The number of hydrogen-bond donors (Lipinski definition) is 1. The van der Waals surface area contributed by atoms with Gasteiger partial charge >= 0.3 is 0 Å². The van der Waals surface area contributed by atoms with Crippen molar-refractivity contribution >= 4 is 0 Å². The van der Waals surface area contributed by atoms with Crippen molar-refractivity contribution in [3.05, 3.63) is 0 Å². The van der Waals surface area contributed by atoms with Gasteiger partial charge in [-0.25, -0.2) is 4.39 Å². The van der Waals surface area contributed by atoms with Crippen LogP contribution in [0.25, 0.3) is 0 Å². The fraction of sp³-hybridized carbons (Fsp3) is 1.00. The third-order valence-electron chi connectivity index (χ3n) is 1.44. The minimum Gasteiger partial charge on any atom is -0.393 e. The first-order valence-corrected chi connectivity index (χ1v) is 2.97. The first-order valence-electron chi connectivity index (χ1n) is 2.97. The van der Waals surface area contributed by atoms with E-state index in [2.05, 4.69) is 0 Å². The molecule has 0 aromatic rings. The maximum atomic E-state index is 12.3. The molecule has 0 aliphatic heterocycles. The zero-order valence-corrected chi connectivity index (χ0v) is 5.39. The number of hydrogen-bond acceptors (Lipinski definition) is 1. The number of aliphatic hydroxyl groups excluding tert-OH is 1. The molecule has 0 unspecified atom stereocenters. The highest BCUT2D eigenvalue weighted by Gasteiger charge is 2.11. The van der Waals surface area contributed by atoms with E-state index in [4.69, 9.17) is 5.11 Å². The summed E-state index contributed by atoms with van der Waals surface area (Å²) in [5.74, 6) is -0.000000000000000444. The van der Waals surface area contributed by atoms with Crippen LogP contribution in [0, 0.1) is 5.92 Å². The first-order chi connectivity index (χ1) is 3.72. The Bertz CT molecular complexity index is 48.5. The highest BCUT2D eigenvalue weighted by Crippen LogP contribution is 2.09. The SMILES string of the molecule is CC[C@@H](C)[C@H](F)CO. The Morgan fingerprint density at radius 1 is 1.62 bits per heavy atom. The number of alkyl halides is 1. The summed E-state index contributed by atoms with van der Waals surface area (Å²) in [5.41, 5.74) is 0. The molecule has 0 aromatic carbocycles. The van der Waals surface area contributed by atoms with Gasteiger partial charge in [0.25, 0.3) is 0 Å². The van der Waals surface area contributed by atoms with Crippen LogP contribution in [0.1, 0.15) is 20.3 Å². The number of aliphatic hydroxyl groups is 1. The highest BCUT2D eigenvalue weighted by atomic mass is 19.1. The molecule has 0 radical (unpaired) electrons. The van der Waals surface area contributed by atoms with E-state index in [9.17, 15) is 4.39 Å². The summed E-state index contributed by atoms with van der Waals surface area (Å²) in [5, 5.41) is 8.26. The Hall–Kier alpha value is -0.110. The van der Waals surface area contributed by atoms with E-state index >= 15 is 0 Å². The second-order valence-electron chi connectivity index (χ2n) is 2.08. The van der Waals surface area contributed by atoms with Crippen LogP contribution in [0.2, 0.25) is 0 Å². The molecule has 1 nitrogen and oxygen atoms in total. The molecule has 8 heavy (non-hydrogen) atoms. The molecule has 50 valence electrons. The monoisotopic (exact) mass is 120 g/mol.